The summed E-state index contributed by atoms with van der Waals surface area (Å²) in [5.74, 6) is -1.44. The maximum atomic E-state index is 11.9. The first kappa shape index (κ1) is 12.9. The molecule has 8 nitrogen and oxygen atoms in total. The minimum absolute atomic E-state index is 0.187. The lowest BCUT2D eigenvalue weighted by molar-refractivity contribution is -0.131. The van der Waals surface area contributed by atoms with E-state index in [0.29, 0.717) is 13.1 Å². The maximum Gasteiger partial charge on any atom is 0.274 e. The van der Waals surface area contributed by atoms with Gasteiger partial charge in [0.25, 0.3) is 5.91 Å². The van der Waals surface area contributed by atoms with E-state index in [-0.39, 0.29) is 30.0 Å². The van der Waals surface area contributed by atoms with Gasteiger partial charge in [0.2, 0.25) is 11.8 Å². The van der Waals surface area contributed by atoms with Crippen molar-refractivity contribution in [3.63, 3.8) is 0 Å². The molecule has 2 heterocycles. The standard InChI is InChI=1S/C11H13N5O3/c12-9(17)4-15-10(18)7-5-16(6-7)11(19)8-3-13-1-2-14-8/h1-3,7H,4-6H2,(H2,12,17)(H,15,18). The zero-order chi connectivity index (χ0) is 13.8. The Morgan fingerprint density at radius 3 is 2.68 bits per heavy atom. The number of nitrogens with zero attached hydrogens (tertiary/aromatic N) is 3. The summed E-state index contributed by atoms with van der Waals surface area (Å²) in [5.41, 5.74) is 5.17. The lowest BCUT2D eigenvalue weighted by Gasteiger charge is -2.37. The molecule has 3 amide bonds. The van der Waals surface area contributed by atoms with Crippen LogP contribution < -0.4 is 11.1 Å². The predicted molar refractivity (Wildman–Crippen MR) is 63.6 cm³/mol. The summed E-state index contributed by atoms with van der Waals surface area (Å²) in [6.07, 6.45) is 4.29. The van der Waals surface area contributed by atoms with Crippen molar-refractivity contribution in [2.75, 3.05) is 19.6 Å². The number of nitrogens with one attached hydrogen (secondary N) is 1. The van der Waals surface area contributed by atoms with E-state index in [1.807, 2.05) is 0 Å². The van der Waals surface area contributed by atoms with E-state index in [4.69, 9.17) is 5.73 Å². The van der Waals surface area contributed by atoms with Crippen molar-refractivity contribution in [3.05, 3.63) is 24.3 Å². The average molecular weight is 263 g/mol. The fraction of sp³-hybridized carbons (Fsp3) is 0.364. The molecular weight excluding hydrogens is 250 g/mol. The second kappa shape index (κ2) is 5.42. The highest BCUT2D eigenvalue weighted by molar-refractivity contribution is 5.94. The normalized spacial score (nSPS) is 14.6. The molecule has 0 aromatic carbocycles. The number of aromatic nitrogens is 2. The van der Waals surface area contributed by atoms with Gasteiger partial charge in [-0.05, 0) is 0 Å². The largest absolute Gasteiger partial charge is 0.368 e. The number of likely N-dealkylation sites (tertiary alicyclic amines) is 1. The lowest BCUT2D eigenvalue weighted by atomic mass is 9.98. The highest BCUT2D eigenvalue weighted by Crippen LogP contribution is 2.17. The molecule has 8 heteroatoms. The number of hydrogen-bond acceptors (Lipinski definition) is 5. The van der Waals surface area contributed by atoms with Crippen LogP contribution in [0.1, 0.15) is 10.5 Å². The van der Waals surface area contributed by atoms with Crippen LogP contribution in [-0.2, 0) is 9.59 Å². The van der Waals surface area contributed by atoms with Crippen LogP contribution in [0.2, 0.25) is 0 Å². The minimum Gasteiger partial charge on any atom is -0.368 e. The smallest absolute Gasteiger partial charge is 0.274 e. The molecule has 0 unspecified atom stereocenters. The van der Waals surface area contributed by atoms with Crippen molar-refractivity contribution in [2.24, 2.45) is 11.7 Å². The van der Waals surface area contributed by atoms with Gasteiger partial charge in [-0.25, -0.2) is 4.98 Å². The van der Waals surface area contributed by atoms with Crippen molar-refractivity contribution in [1.82, 2.24) is 20.2 Å². The summed E-state index contributed by atoms with van der Waals surface area (Å²) in [6.45, 7) is 0.424. The van der Waals surface area contributed by atoms with Gasteiger partial charge < -0.3 is 16.0 Å². The van der Waals surface area contributed by atoms with Crippen LogP contribution >= 0.6 is 0 Å². The third kappa shape index (κ3) is 3.03. The Morgan fingerprint density at radius 1 is 1.37 bits per heavy atom. The number of amides is 3. The van der Waals surface area contributed by atoms with Crippen LogP contribution in [0, 0.1) is 5.92 Å². The molecule has 0 spiro atoms. The second-order valence-electron chi connectivity index (χ2n) is 4.18. The molecule has 0 atom stereocenters. The second-order valence-corrected chi connectivity index (χ2v) is 4.18. The Hall–Kier alpha value is -2.51. The lowest BCUT2D eigenvalue weighted by Crippen LogP contribution is -2.56. The van der Waals surface area contributed by atoms with Gasteiger partial charge in [-0.1, -0.05) is 0 Å². The molecule has 1 saturated heterocycles. The fourth-order valence-electron chi connectivity index (χ4n) is 1.70. The van der Waals surface area contributed by atoms with Crippen LogP contribution in [0.4, 0.5) is 0 Å². The van der Waals surface area contributed by atoms with Crippen LogP contribution in [-0.4, -0.2) is 52.2 Å². The summed E-state index contributed by atoms with van der Waals surface area (Å²) >= 11 is 0. The van der Waals surface area contributed by atoms with Crippen molar-refractivity contribution in [3.8, 4) is 0 Å². The molecule has 0 bridgehead atoms. The molecule has 1 aliphatic heterocycles. The first-order valence-corrected chi connectivity index (χ1v) is 5.69. The van der Waals surface area contributed by atoms with E-state index in [2.05, 4.69) is 15.3 Å². The molecule has 0 radical (unpaired) electrons. The van der Waals surface area contributed by atoms with Gasteiger partial charge >= 0.3 is 0 Å². The van der Waals surface area contributed by atoms with Crippen LogP contribution in [0.5, 0.6) is 0 Å². The van der Waals surface area contributed by atoms with Crippen molar-refractivity contribution >= 4 is 17.7 Å². The van der Waals surface area contributed by atoms with Gasteiger partial charge in [-0.3, -0.25) is 19.4 Å². The van der Waals surface area contributed by atoms with Crippen molar-refractivity contribution in [2.45, 2.75) is 0 Å². The summed E-state index contributed by atoms with van der Waals surface area (Å²) in [7, 11) is 0. The van der Waals surface area contributed by atoms with E-state index < -0.39 is 5.91 Å². The molecule has 19 heavy (non-hydrogen) atoms. The summed E-state index contributed by atoms with van der Waals surface area (Å²) in [5, 5.41) is 2.40. The van der Waals surface area contributed by atoms with E-state index in [0.717, 1.165) is 0 Å². The number of hydrogen-bond donors (Lipinski definition) is 2. The summed E-state index contributed by atoms with van der Waals surface area (Å²) in [6, 6.07) is 0. The van der Waals surface area contributed by atoms with Gasteiger partial charge in [0.05, 0.1) is 18.7 Å². The van der Waals surface area contributed by atoms with Gasteiger partial charge in [0, 0.05) is 25.5 Å². The van der Waals surface area contributed by atoms with Crippen molar-refractivity contribution < 1.29 is 14.4 Å². The zero-order valence-corrected chi connectivity index (χ0v) is 10.1. The molecule has 0 saturated carbocycles. The summed E-state index contributed by atoms with van der Waals surface area (Å²) in [4.78, 5) is 43.1. The molecule has 2 rings (SSSR count). The molecular formula is C11H13N5O3. The number of carbonyl (C=O) groups excluding carboxylic acids is 3. The third-order valence-corrected chi connectivity index (χ3v) is 2.76. The number of primary amides is 1. The molecule has 1 aromatic heterocycles. The van der Waals surface area contributed by atoms with Crippen LogP contribution in [0.25, 0.3) is 0 Å². The first-order valence-electron chi connectivity index (χ1n) is 5.69. The van der Waals surface area contributed by atoms with E-state index in [1.54, 1.807) is 0 Å². The Morgan fingerprint density at radius 2 is 2.11 bits per heavy atom. The maximum absolute atomic E-state index is 11.9. The topological polar surface area (TPSA) is 118 Å². The molecule has 1 aromatic rings. The Bertz CT molecular complexity index is 498. The number of rotatable bonds is 4. The van der Waals surface area contributed by atoms with E-state index in [9.17, 15) is 14.4 Å². The fourth-order valence-corrected chi connectivity index (χ4v) is 1.70. The molecule has 0 aliphatic carbocycles. The Labute approximate surface area is 109 Å². The Kier molecular flexibility index (Phi) is 3.69. The first-order chi connectivity index (χ1) is 9.08. The molecule has 100 valence electrons. The zero-order valence-electron chi connectivity index (χ0n) is 10.1. The third-order valence-electron chi connectivity index (χ3n) is 2.76. The van der Waals surface area contributed by atoms with Gasteiger partial charge in [0.15, 0.2) is 0 Å². The highest BCUT2D eigenvalue weighted by atomic mass is 16.2. The quantitative estimate of drug-likeness (QED) is 0.661. The summed E-state index contributed by atoms with van der Waals surface area (Å²) < 4.78 is 0. The Balaban J connectivity index is 1.81. The van der Waals surface area contributed by atoms with Gasteiger partial charge in [-0.15, -0.1) is 0 Å². The van der Waals surface area contributed by atoms with E-state index in [1.165, 1.54) is 23.5 Å². The monoisotopic (exact) mass is 263 g/mol. The average Bonchev–Trinajstić information content (AvgIpc) is 2.35. The van der Waals surface area contributed by atoms with E-state index >= 15 is 0 Å². The minimum atomic E-state index is -0.597. The number of nitrogens with two attached hydrogens (primary N) is 1. The number of carbonyl (C=O) groups is 3. The van der Waals surface area contributed by atoms with Crippen molar-refractivity contribution in [1.29, 1.82) is 0 Å². The molecule has 1 aliphatic rings. The molecule has 3 N–H and O–H groups in total. The van der Waals surface area contributed by atoms with Gasteiger partial charge in [-0.2, -0.15) is 0 Å². The van der Waals surface area contributed by atoms with Crippen LogP contribution in [0.15, 0.2) is 18.6 Å². The van der Waals surface area contributed by atoms with Gasteiger partial charge in [0.1, 0.15) is 5.69 Å². The predicted octanol–water partition coefficient (Wildman–Crippen LogP) is -1.85. The SMILES string of the molecule is NC(=O)CNC(=O)C1CN(C(=O)c2cnccn2)C1. The highest BCUT2D eigenvalue weighted by Gasteiger charge is 2.36. The van der Waals surface area contributed by atoms with Crippen LogP contribution in [0.3, 0.4) is 0 Å². The molecule has 1 fully saturated rings.